The van der Waals surface area contributed by atoms with Crippen LogP contribution in [0.2, 0.25) is 10.0 Å². The van der Waals surface area contributed by atoms with Crippen molar-refractivity contribution in [2.24, 2.45) is 0 Å². The van der Waals surface area contributed by atoms with Gasteiger partial charge in [0.2, 0.25) is 11.8 Å². The molecule has 0 aliphatic heterocycles. The Bertz CT molecular complexity index is 1550. The number of halogens is 2. The largest absolute Gasteiger partial charge is 0.495 e. The number of hydrogen-bond acceptors (Lipinski definition) is 7. The van der Waals surface area contributed by atoms with Crippen molar-refractivity contribution in [2.45, 2.75) is 37.8 Å². The average molecular weight is 653 g/mol. The number of benzene rings is 3. The molecule has 0 unspecified atom stereocenters. The van der Waals surface area contributed by atoms with Crippen LogP contribution in [0, 0.1) is 0 Å². The van der Waals surface area contributed by atoms with Gasteiger partial charge in [0.1, 0.15) is 18.3 Å². The zero-order valence-corrected chi connectivity index (χ0v) is 26.9. The molecule has 0 bridgehead atoms. The van der Waals surface area contributed by atoms with Gasteiger partial charge in [0.15, 0.2) is 11.5 Å². The molecule has 0 aliphatic rings. The highest BCUT2D eigenvalue weighted by Gasteiger charge is 2.35. The summed E-state index contributed by atoms with van der Waals surface area (Å²) in [7, 11) is -0.258. The fourth-order valence-electron chi connectivity index (χ4n) is 4.50. The van der Waals surface area contributed by atoms with Crippen LogP contribution in [-0.4, -0.2) is 65.6 Å². The summed E-state index contributed by atoms with van der Waals surface area (Å²) in [6, 6.07) is 14.6. The number of nitrogens with zero attached hydrogens (tertiary/aromatic N) is 2. The molecule has 0 fully saturated rings. The third kappa shape index (κ3) is 7.84. The highest BCUT2D eigenvalue weighted by Crippen LogP contribution is 2.37. The van der Waals surface area contributed by atoms with Crippen molar-refractivity contribution < 1.29 is 32.2 Å². The van der Waals surface area contributed by atoms with Crippen LogP contribution in [-0.2, 0) is 26.2 Å². The molecule has 1 N–H and O–H groups in total. The second kappa shape index (κ2) is 15.2. The van der Waals surface area contributed by atoms with Gasteiger partial charge in [-0.05, 0) is 55.3 Å². The minimum Gasteiger partial charge on any atom is -0.495 e. The number of methoxy groups -OCH3 is 3. The van der Waals surface area contributed by atoms with Crippen LogP contribution in [0.3, 0.4) is 0 Å². The van der Waals surface area contributed by atoms with Gasteiger partial charge in [-0.15, -0.1) is 0 Å². The van der Waals surface area contributed by atoms with Crippen molar-refractivity contribution in [1.29, 1.82) is 0 Å². The molecule has 0 aromatic heterocycles. The lowest BCUT2D eigenvalue weighted by atomic mass is 10.1. The molecule has 10 nitrogen and oxygen atoms in total. The number of anilines is 1. The lowest BCUT2D eigenvalue weighted by molar-refractivity contribution is -0.140. The summed E-state index contributed by atoms with van der Waals surface area (Å²) in [5.74, 6) is -0.364. The lowest BCUT2D eigenvalue weighted by Crippen LogP contribution is -2.52. The fourth-order valence-corrected chi connectivity index (χ4v) is 6.29. The molecule has 0 spiro atoms. The molecule has 1 atom stereocenters. The highest BCUT2D eigenvalue weighted by molar-refractivity contribution is 7.92. The van der Waals surface area contributed by atoms with Crippen molar-refractivity contribution in [3.05, 3.63) is 76.3 Å². The van der Waals surface area contributed by atoms with Gasteiger partial charge in [-0.3, -0.25) is 13.9 Å². The normalized spacial score (nSPS) is 11.8. The van der Waals surface area contributed by atoms with Gasteiger partial charge < -0.3 is 24.4 Å². The summed E-state index contributed by atoms with van der Waals surface area (Å²) < 4.78 is 45.5. The van der Waals surface area contributed by atoms with Gasteiger partial charge in [-0.2, -0.15) is 0 Å². The zero-order chi connectivity index (χ0) is 31.7. The number of ether oxygens (including phenoxy) is 3. The maximum Gasteiger partial charge on any atom is 0.265 e. The number of nitrogens with one attached hydrogen (secondary N) is 1. The van der Waals surface area contributed by atoms with Gasteiger partial charge in [-0.25, -0.2) is 8.42 Å². The summed E-state index contributed by atoms with van der Waals surface area (Å²) in [5, 5.41) is 3.38. The first-order valence-electron chi connectivity index (χ1n) is 13.4. The van der Waals surface area contributed by atoms with E-state index in [0.717, 1.165) is 4.31 Å². The molecular weight excluding hydrogens is 617 g/mol. The number of amides is 2. The van der Waals surface area contributed by atoms with Crippen molar-refractivity contribution in [1.82, 2.24) is 10.2 Å². The Labute approximate surface area is 262 Å². The van der Waals surface area contributed by atoms with E-state index in [2.05, 4.69) is 5.32 Å². The predicted molar refractivity (Wildman–Crippen MR) is 167 cm³/mol. The fraction of sp³-hybridized carbons (Fsp3) is 0.333. The monoisotopic (exact) mass is 651 g/mol. The standard InChI is InChI=1S/C30H35Cl2N3O7S/c1-6-24(30(37)33-7-2)34(18-20-10-8-9-11-23(20)32)29(36)19-35(25-16-21(31)12-14-26(25)40-3)43(38,39)22-13-15-27(41-4)28(17-22)42-5/h8-17,24H,6-7,18-19H2,1-5H3,(H,33,37)/t24-/m1/s1. The Morgan fingerprint density at radius 1 is 0.884 bits per heavy atom. The van der Waals surface area contributed by atoms with Gasteiger partial charge in [-0.1, -0.05) is 48.3 Å². The average Bonchev–Trinajstić information content (AvgIpc) is 3.00. The van der Waals surface area contributed by atoms with Crippen LogP contribution < -0.4 is 23.8 Å². The minimum atomic E-state index is -4.45. The van der Waals surface area contributed by atoms with Crippen LogP contribution in [0.25, 0.3) is 0 Å². The van der Waals surface area contributed by atoms with Crippen molar-refractivity contribution in [3.8, 4) is 17.2 Å². The molecule has 3 aromatic carbocycles. The van der Waals surface area contributed by atoms with E-state index in [9.17, 15) is 18.0 Å². The second-order valence-electron chi connectivity index (χ2n) is 9.28. The van der Waals surface area contributed by atoms with Crippen LogP contribution >= 0.6 is 23.2 Å². The molecule has 0 radical (unpaired) electrons. The maximum absolute atomic E-state index is 14.3. The van der Waals surface area contributed by atoms with E-state index < -0.39 is 28.5 Å². The van der Waals surface area contributed by atoms with E-state index >= 15 is 0 Å². The van der Waals surface area contributed by atoms with E-state index in [1.54, 1.807) is 44.2 Å². The van der Waals surface area contributed by atoms with E-state index in [-0.39, 0.29) is 46.0 Å². The van der Waals surface area contributed by atoms with Gasteiger partial charge in [0.05, 0.1) is 31.9 Å². The molecule has 3 rings (SSSR count). The third-order valence-electron chi connectivity index (χ3n) is 6.67. The number of carbonyl (C=O) groups excluding carboxylic acids is 2. The number of sulfonamides is 1. The molecule has 0 aliphatic carbocycles. The van der Waals surface area contributed by atoms with Gasteiger partial charge in [0, 0.05) is 29.2 Å². The van der Waals surface area contributed by atoms with Crippen molar-refractivity contribution in [3.63, 3.8) is 0 Å². The Morgan fingerprint density at radius 2 is 1.53 bits per heavy atom. The number of hydrogen-bond donors (Lipinski definition) is 1. The first kappa shape index (κ1) is 33.8. The van der Waals surface area contributed by atoms with E-state index in [1.165, 1.54) is 56.6 Å². The van der Waals surface area contributed by atoms with Crippen LogP contribution in [0.5, 0.6) is 17.2 Å². The molecular formula is C30H35Cl2N3O7S. The topological polar surface area (TPSA) is 114 Å². The summed E-state index contributed by atoms with van der Waals surface area (Å²) in [5.41, 5.74) is 0.622. The highest BCUT2D eigenvalue weighted by atomic mass is 35.5. The molecule has 0 heterocycles. The Hall–Kier alpha value is -3.67. The van der Waals surface area contributed by atoms with E-state index in [0.29, 0.717) is 22.9 Å². The summed E-state index contributed by atoms with van der Waals surface area (Å²) in [4.78, 5) is 28.5. The Morgan fingerprint density at radius 3 is 2.14 bits per heavy atom. The first-order valence-corrected chi connectivity index (χ1v) is 15.6. The number of rotatable bonds is 14. The Kier molecular flexibility index (Phi) is 11.9. The summed E-state index contributed by atoms with van der Waals surface area (Å²) in [6.07, 6.45) is 0.269. The molecule has 232 valence electrons. The van der Waals surface area contributed by atoms with E-state index in [1.807, 2.05) is 0 Å². The van der Waals surface area contributed by atoms with Gasteiger partial charge >= 0.3 is 0 Å². The zero-order valence-electron chi connectivity index (χ0n) is 24.6. The molecule has 0 saturated heterocycles. The number of likely N-dealkylation sites (N-methyl/N-ethyl adjacent to an activating group) is 1. The number of carbonyl (C=O) groups is 2. The molecule has 3 aromatic rings. The van der Waals surface area contributed by atoms with Crippen molar-refractivity contribution in [2.75, 3.05) is 38.7 Å². The SMILES string of the molecule is CCNC(=O)[C@@H](CC)N(Cc1ccccc1Cl)C(=O)CN(c1cc(Cl)ccc1OC)S(=O)(=O)c1ccc(OC)c(OC)c1. The molecule has 2 amide bonds. The van der Waals surface area contributed by atoms with Crippen LogP contribution in [0.4, 0.5) is 5.69 Å². The van der Waals surface area contributed by atoms with Crippen LogP contribution in [0.1, 0.15) is 25.8 Å². The quantitative estimate of drug-likeness (QED) is 0.256. The molecule has 0 saturated carbocycles. The molecule has 43 heavy (non-hydrogen) atoms. The van der Waals surface area contributed by atoms with Crippen LogP contribution in [0.15, 0.2) is 65.6 Å². The lowest BCUT2D eigenvalue weighted by Gasteiger charge is -2.33. The predicted octanol–water partition coefficient (Wildman–Crippen LogP) is 5.16. The van der Waals surface area contributed by atoms with Crippen molar-refractivity contribution >= 4 is 50.7 Å². The van der Waals surface area contributed by atoms with Gasteiger partial charge in [0.25, 0.3) is 10.0 Å². The summed E-state index contributed by atoms with van der Waals surface area (Å²) >= 11 is 12.7. The second-order valence-corrected chi connectivity index (χ2v) is 12.0. The first-order chi connectivity index (χ1) is 20.5. The third-order valence-corrected chi connectivity index (χ3v) is 9.03. The van der Waals surface area contributed by atoms with E-state index in [4.69, 9.17) is 37.4 Å². The smallest absolute Gasteiger partial charge is 0.265 e. The maximum atomic E-state index is 14.3. The minimum absolute atomic E-state index is 0.0295. The summed E-state index contributed by atoms with van der Waals surface area (Å²) in [6.45, 7) is 3.17. The Balaban J connectivity index is 2.19. The molecule has 13 heteroatoms.